The second-order valence-electron chi connectivity index (χ2n) is 5.19. The van der Waals surface area contributed by atoms with Crippen molar-refractivity contribution in [1.82, 2.24) is 5.32 Å². The van der Waals surface area contributed by atoms with Crippen molar-refractivity contribution in [3.8, 4) is 11.8 Å². The third kappa shape index (κ3) is 5.07. The molecule has 2 rings (SSSR count). The average Bonchev–Trinajstić information content (AvgIpc) is 3.28. The first-order valence-electron chi connectivity index (χ1n) is 7.27. The minimum atomic E-state index is -0.0179. The topological polar surface area (TPSA) is 49.3 Å². The summed E-state index contributed by atoms with van der Waals surface area (Å²) in [5.41, 5.74) is 1.54. The summed E-state index contributed by atoms with van der Waals surface area (Å²) >= 11 is 0. The summed E-state index contributed by atoms with van der Waals surface area (Å²) in [6.45, 7) is 0.835. The monoisotopic (exact) mass is 271 g/mol. The molecule has 1 fully saturated rings. The number of aliphatic hydroxyl groups is 1. The summed E-state index contributed by atoms with van der Waals surface area (Å²) in [7, 11) is 0. The van der Waals surface area contributed by atoms with Crippen LogP contribution in [0.1, 0.15) is 48.0 Å². The van der Waals surface area contributed by atoms with E-state index in [2.05, 4.69) is 17.2 Å². The average molecular weight is 271 g/mol. The van der Waals surface area contributed by atoms with Crippen molar-refractivity contribution in [2.45, 2.75) is 32.1 Å². The molecule has 0 bridgehead atoms. The van der Waals surface area contributed by atoms with Crippen LogP contribution in [-0.4, -0.2) is 24.2 Å². The first kappa shape index (κ1) is 14.6. The molecule has 0 saturated heterocycles. The molecule has 0 spiro atoms. The van der Waals surface area contributed by atoms with Crippen LogP contribution in [0, 0.1) is 17.8 Å². The van der Waals surface area contributed by atoms with Crippen molar-refractivity contribution in [2.75, 3.05) is 13.2 Å². The summed E-state index contributed by atoms with van der Waals surface area (Å²) in [5.74, 6) is 6.70. The van der Waals surface area contributed by atoms with Crippen molar-refractivity contribution in [3.63, 3.8) is 0 Å². The number of nitrogens with one attached hydrogen (secondary N) is 1. The lowest BCUT2D eigenvalue weighted by Gasteiger charge is -2.04. The second kappa shape index (κ2) is 7.72. The Morgan fingerprint density at radius 1 is 1.30 bits per heavy atom. The molecule has 0 radical (unpaired) electrons. The minimum absolute atomic E-state index is 0.0179. The molecule has 1 aromatic rings. The zero-order valence-electron chi connectivity index (χ0n) is 11.7. The van der Waals surface area contributed by atoms with E-state index in [-0.39, 0.29) is 12.5 Å². The molecule has 20 heavy (non-hydrogen) atoms. The van der Waals surface area contributed by atoms with Gasteiger partial charge >= 0.3 is 0 Å². The Morgan fingerprint density at radius 3 is 2.70 bits per heavy atom. The quantitative estimate of drug-likeness (QED) is 0.616. The van der Waals surface area contributed by atoms with Crippen LogP contribution in [0.2, 0.25) is 0 Å². The van der Waals surface area contributed by atoms with E-state index in [4.69, 9.17) is 5.11 Å². The summed E-state index contributed by atoms with van der Waals surface area (Å²) in [4.78, 5) is 11.9. The lowest BCUT2D eigenvalue weighted by molar-refractivity contribution is 0.0953. The molecule has 2 N–H and O–H groups in total. The van der Waals surface area contributed by atoms with Crippen molar-refractivity contribution in [2.24, 2.45) is 5.92 Å². The van der Waals surface area contributed by atoms with E-state index in [1.54, 1.807) is 12.1 Å². The fraction of sp³-hybridized carbons (Fsp3) is 0.471. The molecule has 0 aromatic heterocycles. The minimum Gasteiger partial charge on any atom is -0.395 e. The highest BCUT2D eigenvalue weighted by molar-refractivity contribution is 5.94. The third-order valence-corrected chi connectivity index (χ3v) is 3.39. The van der Waals surface area contributed by atoms with E-state index in [1.807, 2.05) is 12.1 Å². The van der Waals surface area contributed by atoms with Gasteiger partial charge in [-0.15, -0.1) is 0 Å². The van der Waals surface area contributed by atoms with Gasteiger partial charge in [-0.3, -0.25) is 4.79 Å². The maximum atomic E-state index is 11.9. The van der Waals surface area contributed by atoms with Crippen LogP contribution in [0.3, 0.4) is 0 Å². The van der Waals surface area contributed by atoms with Gasteiger partial charge in [0.05, 0.1) is 6.61 Å². The molecular formula is C17H21NO2. The molecule has 1 aliphatic carbocycles. The van der Waals surface area contributed by atoms with Crippen LogP contribution < -0.4 is 5.32 Å². The van der Waals surface area contributed by atoms with Crippen LogP contribution in [-0.2, 0) is 0 Å². The van der Waals surface area contributed by atoms with Crippen molar-refractivity contribution >= 4 is 5.91 Å². The van der Waals surface area contributed by atoms with Crippen LogP contribution in [0.5, 0.6) is 0 Å². The Kier molecular flexibility index (Phi) is 5.64. The smallest absolute Gasteiger partial charge is 0.251 e. The number of hydrogen-bond donors (Lipinski definition) is 2. The molecule has 0 aliphatic heterocycles. The molecule has 1 amide bonds. The van der Waals surface area contributed by atoms with E-state index >= 15 is 0 Å². The SMILES string of the molecule is O=C(NCCCC1CC1)c1ccc(C#CCCO)cc1. The van der Waals surface area contributed by atoms with Crippen LogP contribution in [0.25, 0.3) is 0 Å². The van der Waals surface area contributed by atoms with E-state index in [1.165, 1.54) is 19.3 Å². The molecule has 0 atom stereocenters. The number of carbonyl (C=O) groups is 1. The summed E-state index contributed by atoms with van der Waals surface area (Å²) in [6.07, 6.45) is 5.52. The lowest BCUT2D eigenvalue weighted by Crippen LogP contribution is -2.24. The van der Waals surface area contributed by atoms with E-state index in [0.29, 0.717) is 12.0 Å². The van der Waals surface area contributed by atoms with Gasteiger partial charge in [0.15, 0.2) is 0 Å². The van der Waals surface area contributed by atoms with Gasteiger partial charge in [-0.2, -0.15) is 0 Å². The van der Waals surface area contributed by atoms with E-state index in [9.17, 15) is 4.79 Å². The fourth-order valence-electron chi connectivity index (χ4n) is 2.03. The van der Waals surface area contributed by atoms with Crippen molar-refractivity contribution in [3.05, 3.63) is 35.4 Å². The highest BCUT2D eigenvalue weighted by atomic mass is 16.2. The number of amides is 1. The van der Waals surface area contributed by atoms with Crippen LogP contribution in [0.4, 0.5) is 0 Å². The Bertz CT molecular complexity index is 492. The largest absolute Gasteiger partial charge is 0.395 e. The van der Waals surface area contributed by atoms with Gasteiger partial charge in [0.2, 0.25) is 0 Å². The van der Waals surface area contributed by atoms with Gasteiger partial charge in [0.25, 0.3) is 5.91 Å². The predicted octanol–water partition coefficient (Wildman–Crippen LogP) is 2.34. The molecule has 1 aliphatic rings. The first-order chi connectivity index (χ1) is 9.79. The molecule has 0 unspecified atom stereocenters. The number of carbonyl (C=O) groups excluding carboxylic acids is 1. The first-order valence-corrected chi connectivity index (χ1v) is 7.27. The zero-order chi connectivity index (χ0) is 14.2. The summed E-state index contributed by atoms with van der Waals surface area (Å²) in [6, 6.07) is 7.26. The molecule has 3 nitrogen and oxygen atoms in total. The lowest BCUT2D eigenvalue weighted by atomic mass is 10.1. The number of rotatable bonds is 6. The van der Waals surface area contributed by atoms with Crippen LogP contribution >= 0.6 is 0 Å². The normalized spacial score (nSPS) is 13.4. The van der Waals surface area contributed by atoms with E-state index in [0.717, 1.165) is 24.4 Å². The Morgan fingerprint density at radius 2 is 2.05 bits per heavy atom. The Balaban J connectivity index is 1.76. The fourth-order valence-corrected chi connectivity index (χ4v) is 2.03. The van der Waals surface area contributed by atoms with Gasteiger partial charge in [0.1, 0.15) is 0 Å². The van der Waals surface area contributed by atoms with Gasteiger partial charge < -0.3 is 10.4 Å². The molecule has 0 heterocycles. The maximum absolute atomic E-state index is 11.9. The van der Waals surface area contributed by atoms with Gasteiger partial charge in [-0.1, -0.05) is 24.7 Å². The summed E-state index contributed by atoms with van der Waals surface area (Å²) < 4.78 is 0. The number of aliphatic hydroxyl groups excluding tert-OH is 1. The van der Waals surface area contributed by atoms with Crippen molar-refractivity contribution in [1.29, 1.82) is 0 Å². The number of hydrogen-bond acceptors (Lipinski definition) is 2. The molecule has 1 saturated carbocycles. The van der Waals surface area contributed by atoms with Gasteiger partial charge in [-0.05, 0) is 43.0 Å². The van der Waals surface area contributed by atoms with E-state index < -0.39 is 0 Å². The van der Waals surface area contributed by atoms with Gasteiger partial charge in [0, 0.05) is 24.1 Å². The second-order valence-corrected chi connectivity index (χ2v) is 5.19. The molecule has 3 heteroatoms. The predicted molar refractivity (Wildman–Crippen MR) is 79.3 cm³/mol. The van der Waals surface area contributed by atoms with Crippen molar-refractivity contribution < 1.29 is 9.90 Å². The maximum Gasteiger partial charge on any atom is 0.251 e. The number of benzene rings is 1. The van der Waals surface area contributed by atoms with Gasteiger partial charge in [-0.25, -0.2) is 0 Å². The Hall–Kier alpha value is -1.79. The molecule has 1 aromatic carbocycles. The molecular weight excluding hydrogens is 250 g/mol. The standard InChI is InChI=1S/C17H21NO2/c19-13-2-1-4-14-8-10-16(11-9-14)17(20)18-12-3-5-15-6-7-15/h8-11,15,19H,2-3,5-7,12-13H2,(H,18,20). The van der Waals surface area contributed by atoms with Crippen LogP contribution in [0.15, 0.2) is 24.3 Å². The zero-order valence-corrected chi connectivity index (χ0v) is 11.7. The highest BCUT2D eigenvalue weighted by Crippen LogP contribution is 2.33. The molecule has 106 valence electrons. The third-order valence-electron chi connectivity index (χ3n) is 3.39. The highest BCUT2D eigenvalue weighted by Gasteiger charge is 2.20. The summed E-state index contributed by atoms with van der Waals surface area (Å²) in [5, 5.41) is 11.6. The Labute approximate surface area is 120 Å².